The van der Waals surface area contributed by atoms with Gasteiger partial charge in [-0.2, -0.15) is 0 Å². The van der Waals surface area contributed by atoms with Crippen molar-refractivity contribution in [2.75, 3.05) is 26.7 Å². The zero-order valence-electron chi connectivity index (χ0n) is 14.1. The fourth-order valence-corrected chi connectivity index (χ4v) is 2.85. The van der Waals surface area contributed by atoms with Gasteiger partial charge in [0.15, 0.2) is 5.96 Å². The summed E-state index contributed by atoms with van der Waals surface area (Å²) in [4.78, 5) is 11.1. The van der Waals surface area contributed by atoms with Crippen LogP contribution in [0, 0.1) is 5.92 Å². The van der Waals surface area contributed by atoms with Crippen LogP contribution in [-0.2, 0) is 18.3 Å². The number of likely N-dealkylation sites (tertiary alicyclic amines) is 1. The molecule has 0 unspecified atom stereocenters. The predicted octanol–water partition coefficient (Wildman–Crippen LogP) is 2.00. The summed E-state index contributed by atoms with van der Waals surface area (Å²) in [5.41, 5.74) is 0. The van der Waals surface area contributed by atoms with Crippen molar-refractivity contribution in [3.05, 3.63) is 18.2 Å². The fraction of sp³-hybridized carbons (Fsp3) is 0.750. The molecule has 0 radical (unpaired) electrons. The Bertz CT molecular complexity index is 506. The number of nitrogens with zero attached hydrogens (tertiary/aromatic N) is 4. The van der Waals surface area contributed by atoms with Gasteiger partial charge in [-0.05, 0) is 31.6 Å². The Morgan fingerprint density at radius 2 is 2.09 bits per heavy atom. The molecule has 3 rings (SSSR count). The van der Waals surface area contributed by atoms with Crippen molar-refractivity contribution in [1.29, 1.82) is 0 Å². The van der Waals surface area contributed by atoms with E-state index in [-0.39, 0.29) is 24.0 Å². The highest BCUT2D eigenvalue weighted by Crippen LogP contribution is 2.30. The molecule has 1 aliphatic carbocycles. The van der Waals surface area contributed by atoms with Gasteiger partial charge in [-0.1, -0.05) is 0 Å². The highest BCUT2D eigenvalue weighted by Gasteiger charge is 2.26. The Labute approximate surface area is 155 Å². The summed E-state index contributed by atoms with van der Waals surface area (Å²) in [6.07, 6.45) is 9.13. The summed E-state index contributed by atoms with van der Waals surface area (Å²) in [7, 11) is 3.85. The number of ether oxygens (including phenoxy) is 1. The van der Waals surface area contributed by atoms with Crippen LogP contribution in [0.2, 0.25) is 0 Å². The standard InChI is InChI=1S/C16H27N5O.HI/c1-17-16(19-11-15-18-7-10-20(15)2)21-8-5-14(6-9-21)22-12-13-3-4-13;/h7,10,13-14H,3-6,8-9,11-12H2,1-2H3,(H,17,19);1H. The molecule has 1 saturated carbocycles. The van der Waals surface area contributed by atoms with E-state index in [1.807, 2.05) is 31.1 Å². The minimum absolute atomic E-state index is 0. The summed E-state index contributed by atoms with van der Waals surface area (Å²) in [6.45, 7) is 3.69. The number of rotatable bonds is 5. The highest BCUT2D eigenvalue weighted by molar-refractivity contribution is 14.0. The molecule has 1 aliphatic heterocycles. The van der Waals surface area contributed by atoms with Crippen molar-refractivity contribution in [3.63, 3.8) is 0 Å². The first-order valence-electron chi connectivity index (χ1n) is 8.29. The second-order valence-electron chi connectivity index (χ2n) is 6.32. The first-order valence-corrected chi connectivity index (χ1v) is 8.29. The average molecular weight is 433 g/mol. The first-order chi connectivity index (χ1) is 10.8. The molecule has 23 heavy (non-hydrogen) atoms. The van der Waals surface area contributed by atoms with Gasteiger partial charge < -0.3 is 19.5 Å². The normalized spacial score (nSPS) is 19.6. The SMILES string of the molecule is CN=C(NCc1nccn1C)N1CCC(OCC2CC2)CC1.I. The lowest BCUT2D eigenvalue weighted by Crippen LogP contribution is -2.47. The molecule has 1 saturated heterocycles. The molecule has 130 valence electrons. The lowest BCUT2D eigenvalue weighted by molar-refractivity contribution is 0.0131. The van der Waals surface area contributed by atoms with Crippen molar-refractivity contribution in [1.82, 2.24) is 19.8 Å². The number of halogens is 1. The molecular weight excluding hydrogens is 405 g/mol. The van der Waals surface area contributed by atoms with E-state index >= 15 is 0 Å². The van der Waals surface area contributed by atoms with Gasteiger partial charge in [0, 0.05) is 46.2 Å². The summed E-state index contributed by atoms with van der Waals surface area (Å²) in [6, 6.07) is 0. The third kappa shape index (κ3) is 5.34. The monoisotopic (exact) mass is 433 g/mol. The van der Waals surface area contributed by atoms with E-state index in [1.165, 1.54) is 12.8 Å². The second-order valence-corrected chi connectivity index (χ2v) is 6.32. The van der Waals surface area contributed by atoms with Crippen LogP contribution in [0.4, 0.5) is 0 Å². The van der Waals surface area contributed by atoms with Gasteiger partial charge >= 0.3 is 0 Å². The third-order valence-corrected chi connectivity index (χ3v) is 4.54. The van der Waals surface area contributed by atoms with Crippen LogP contribution < -0.4 is 5.32 Å². The van der Waals surface area contributed by atoms with E-state index in [0.717, 1.165) is 50.2 Å². The number of imidazole rings is 1. The van der Waals surface area contributed by atoms with Gasteiger partial charge in [-0.3, -0.25) is 4.99 Å². The lowest BCUT2D eigenvalue weighted by atomic mass is 10.1. The largest absolute Gasteiger partial charge is 0.378 e. The minimum Gasteiger partial charge on any atom is -0.378 e. The Hall–Kier alpha value is -0.830. The average Bonchev–Trinajstić information content (AvgIpc) is 3.29. The van der Waals surface area contributed by atoms with E-state index in [0.29, 0.717) is 12.6 Å². The molecule has 2 heterocycles. The fourth-order valence-electron chi connectivity index (χ4n) is 2.85. The van der Waals surface area contributed by atoms with Crippen molar-refractivity contribution in [2.45, 2.75) is 38.3 Å². The third-order valence-electron chi connectivity index (χ3n) is 4.54. The molecule has 6 nitrogen and oxygen atoms in total. The van der Waals surface area contributed by atoms with Crippen LogP contribution in [0.25, 0.3) is 0 Å². The molecule has 1 aromatic rings. The number of aryl methyl sites for hydroxylation is 1. The van der Waals surface area contributed by atoms with Gasteiger partial charge in [0.1, 0.15) is 5.82 Å². The molecule has 2 fully saturated rings. The Kier molecular flexibility index (Phi) is 7.13. The molecular formula is C16H28IN5O. The molecule has 0 atom stereocenters. The molecule has 2 aliphatic rings. The van der Waals surface area contributed by atoms with Crippen LogP contribution in [0.5, 0.6) is 0 Å². The van der Waals surface area contributed by atoms with Gasteiger partial charge in [0.05, 0.1) is 12.6 Å². The van der Waals surface area contributed by atoms with Crippen molar-refractivity contribution in [2.24, 2.45) is 18.0 Å². The number of piperidine rings is 1. The summed E-state index contributed by atoms with van der Waals surface area (Å²) in [5, 5.41) is 3.41. The summed E-state index contributed by atoms with van der Waals surface area (Å²) >= 11 is 0. The topological polar surface area (TPSA) is 54.7 Å². The van der Waals surface area contributed by atoms with Crippen molar-refractivity contribution < 1.29 is 4.74 Å². The molecule has 1 aromatic heterocycles. The number of hydrogen-bond acceptors (Lipinski definition) is 3. The number of aromatic nitrogens is 2. The maximum atomic E-state index is 6.00. The first kappa shape index (κ1) is 18.5. The van der Waals surface area contributed by atoms with E-state index < -0.39 is 0 Å². The smallest absolute Gasteiger partial charge is 0.194 e. The van der Waals surface area contributed by atoms with Crippen molar-refractivity contribution >= 4 is 29.9 Å². The number of aliphatic imine (C=N–C) groups is 1. The Morgan fingerprint density at radius 3 is 2.65 bits per heavy atom. The number of guanidine groups is 1. The Morgan fingerprint density at radius 1 is 1.35 bits per heavy atom. The zero-order valence-corrected chi connectivity index (χ0v) is 16.4. The molecule has 1 N–H and O–H groups in total. The Balaban J connectivity index is 0.00000192. The van der Waals surface area contributed by atoms with Crippen LogP contribution in [0.1, 0.15) is 31.5 Å². The van der Waals surface area contributed by atoms with Gasteiger partial charge in [0.2, 0.25) is 0 Å². The molecule has 0 amide bonds. The van der Waals surface area contributed by atoms with Gasteiger partial charge in [-0.25, -0.2) is 4.98 Å². The van der Waals surface area contributed by atoms with Crippen LogP contribution in [0.3, 0.4) is 0 Å². The molecule has 7 heteroatoms. The van der Waals surface area contributed by atoms with Gasteiger partial charge in [0.25, 0.3) is 0 Å². The predicted molar refractivity (Wildman–Crippen MR) is 102 cm³/mol. The lowest BCUT2D eigenvalue weighted by Gasteiger charge is -2.34. The number of hydrogen-bond donors (Lipinski definition) is 1. The van der Waals surface area contributed by atoms with Crippen molar-refractivity contribution in [3.8, 4) is 0 Å². The van der Waals surface area contributed by atoms with Gasteiger partial charge in [-0.15, -0.1) is 24.0 Å². The summed E-state index contributed by atoms with van der Waals surface area (Å²) in [5.74, 6) is 2.83. The maximum absolute atomic E-state index is 6.00. The van der Waals surface area contributed by atoms with E-state index in [1.54, 1.807) is 0 Å². The van der Waals surface area contributed by atoms with E-state index in [4.69, 9.17) is 4.74 Å². The molecule has 0 spiro atoms. The van der Waals surface area contributed by atoms with Crippen LogP contribution >= 0.6 is 24.0 Å². The quantitative estimate of drug-likeness (QED) is 0.439. The second kappa shape index (κ2) is 8.86. The summed E-state index contributed by atoms with van der Waals surface area (Å²) < 4.78 is 8.03. The van der Waals surface area contributed by atoms with E-state index in [2.05, 4.69) is 20.2 Å². The van der Waals surface area contributed by atoms with Crippen LogP contribution in [-0.4, -0.2) is 53.3 Å². The zero-order chi connectivity index (χ0) is 15.4. The van der Waals surface area contributed by atoms with Crippen LogP contribution in [0.15, 0.2) is 17.4 Å². The molecule has 0 aromatic carbocycles. The minimum atomic E-state index is 0. The maximum Gasteiger partial charge on any atom is 0.194 e. The van der Waals surface area contributed by atoms with E-state index in [9.17, 15) is 0 Å². The molecule has 0 bridgehead atoms. The number of nitrogens with one attached hydrogen (secondary N) is 1. The highest BCUT2D eigenvalue weighted by atomic mass is 127.